The average molecular weight is 319 g/mol. The highest BCUT2D eigenvalue weighted by molar-refractivity contribution is 6.29. The fraction of sp³-hybridized carbons (Fsp3) is 0.429. The predicted octanol–water partition coefficient (Wildman–Crippen LogP) is 3.63. The highest BCUT2D eigenvalue weighted by Gasteiger charge is 2.35. The van der Waals surface area contributed by atoms with Gasteiger partial charge in [0.05, 0.1) is 0 Å². The van der Waals surface area contributed by atoms with Crippen LogP contribution in [0.4, 0.5) is 13.2 Å². The van der Waals surface area contributed by atoms with E-state index in [2.05, 4.69) is 4.98 Å². The molecule has 0 unspecified atom stereocenters. The van der Waals surface area contributed by atoms with Crippen LogP contribution in [0.2, 0.25) is 5.15 Å². The third-order valence-corrected chi connectivity index (χ3v) is 3.51. The number of aryl methyl sites for hydroxylation is 1. The lowest BCUT2D eigenvalue weighted by atomic mass is 10.1. The van der Waals surface area contributed by atoms with E-state index < -0.39 is 11.7 Å². The Hall–Kier alpha value is -1.56. The van der Waals surface area contributed by atoms with Gasteiger partial charge in [-0.2, -0.15) is 13.2 Å². The maximum absolute atomic E-state index is 12.5. The van der Waals surface area contributed by atoms with Crippen LogP contribution in [0, 0.1) is 0 Å². The normalized spacial score (nSPS) is 15.9. The maximum atomic E-state index is 12.5. The number of amides is 1. The second-order valence-corrected chi connectivity index (χ2v) is 5.14. The van der Waals surface area contributed by atoms with E-state index in [4.69, 9.17) is 11.6 Å². The lowest BCUT2D eigenvalue weighted by Gasteiger charge is -2.27. The number of rotatable bonds is 2. The van der Waals surface area contributed by atoms with Crippen molar-refractivity contribution in [2.24, 2.45) is 0 Å². The van der Waals surface area contributed by atoms with Crippen molar-refractivity contribution in [3.05, 3.63) is 40.2 Å². The minimum Gasteiger partial charge on any atom is -0.335 e. The van der Waals surface area contributed by atoms with Gasteiger partial charge in [-0.1, -0.05) is 24.6 Å². The maximum Gasteiger partial charge on any atom is 0.412 e. The Labute approximate surface area is 125 Å². The number of hydrogen-bond acceptors (Lipinski definition) is 2. The first-order valence-corrected chi connectivity index (χ1v) is 6.91. The molecule has 114 valence electrons. The molecular weight excluding hydrogens is 305 g/mol. The standard InChI is InChI=1S/C14H14ClF3N2O/c1-2-11-7-9(8-12(15)19-11)13(21)20-5-3-10(4-6-20)14(16,17)18/h3,7-8H,2,4-6H2,1H3. The number of hydrogen-bond donors (Lipinski definition) is 0. The molecule has 0 spiro atoms. The van der Waals surface area contributed by atoms with E-state index in [9.17, 15) is 18.0 Å². The third kappa shape index (κ3) is 3.75. The Morgan fingerprint density at radius 3 is 2.67 bits per heavy atom. The number of nitrogens with zero attached hydrogens (tertiary/aromatic N) is 2. The molecular formula is C14H14ClF3N2O. The molecule has 0 saturated heterocycles. The molecule has 0 N–H and O–H groups in total. The van der Waals surface area contributed by atoms with Crippen molar-refractivity contribution in [1.29, 1.82) is 0 Å². The molecule has 1 aliphatic heterocycles. The van der Waals surface area contributed by atoms with E-state index in [1.165, 1.54) is 11.0 Å². The number of carbonyl (C=O) groups is 1. The number of pyridine rings is 1. The molecule has 0 saturated carbocycles. The van der Waals surface area contributed by atoms with Gasteiger partial charge in [0.1, 0.15) is 5.15 Å². The summed E-state index contributed by atoms with van der Waals surface area (Å²) in [6.07, 6.45) is -2.82. The second kappa shape index (κ2) is 6.05. The fourth-order valence-electron chi connectivity index (χ4n) is 2.15. The fourth-order valence-corrected chi connectivity index (χ4v) is 2.38. The van der Waals surface area contributed by atoms with Crippen LogP contribution in [0.15, 0.2) is 23.8 Å². The summed E-state index contributed by atoms with van der Waals surface area (Å²) in [5.74, 6) is -0.327. The second-order valence-electron chi connectivity index (χ2n) is 4.75. The molecule has 1 aromatic rings. The van der Waals surface area contributed by atoms with E-state index >= 15 is 0 Å². The monoisotopic (exact) mass is 318 g/mol. The number of halogens is 4. The highest BCUT2D eigenvalue weighted by Crippen LogP contribution is 2.30. The van der Waals surface area contributed by atoms with E-state index in [1.54, 1.807) is 6.07 Å². The molecule has 1 aromatic heterocycles. The Bertz CT molecular complexity index is 584. The van der Waals surface area contributed by atoms with Crippen molar-refractivity contribution in [1.82, 2.24) is 9.88 Å². The van der Waals surface area contributed by atoms with Gasteiger partial charge >= 0.3 is 6.18 Å². The predicted molar refractivity (Wildman–Crippen MR) is 73.3 cm³/mol. The molecule has 2 rings (SSSR count). The first-order valence-electron chi connectivity index (χ1n) is 6.53. The Kier molecular flexibility index (Phi) is 4.56. The Morgan fingerprint density at radius 2 is 2.14 bits per heavy atom. The molecule has 1 amide bonds. The lowest BCUT2D eigenvalue weighted by molar-refractivity contribution is -0.0957. The number of aromatic nitrogens is 1. The summed E-state index contributed by atoms with van der Waals surface area (Å²) >= 11 is 5.85. The Balaban J connectivity index is 2.16. The molecule has 0 aliphatic carbocycles. The summed E-state index contributed by atoms with van der Waals surface area (Å²) < 4.78 is 37.6. The van der Waals surface area contributed by atoms with Crippen molar-refractivity contribution < 1.29 is 18.0 Å². The van der Waals surface area contributed by atoms with Crippen LogP contribution in [-0.4, -0.2) is 35.1 Å². The molecule has 7 heteroatoms. The number of carbonyl (C=O) groups excluding carboxylic acids is 1. The van der Waals surface area contributed by atoms with Gasteiger partial charge in [0.15, 0.2) is 0 Å². The van der Waals surface area contributed by atoms with Gasteiger partial charge in [0, 0.05) is 29.9 Å². The van der Waals surface area contributed by atoms with Gasteiger partial charge in [0.2, 0.25) is 0 Å². The summed E-state index contributed by atoms with van der Waals surface area (Å²) in [6.45, 7) is 1.88. The Morgan fingerprint density at radius 1 is 1.43 bits per heavy atom. The van der Waals surface area contributed by atoms with E-state index in [-0.39, 0.29) is 30.6 Å². The SMILES string of the molecule is CCc1cc(C(=O)N2CC=C(C(F)(F)F)CC2)cc(Cl)n1. The molecule has 21 heavy (non-hydrogen) atoms. The molecule has 2 heterocycles. The minimum absolute atomic E-state index is 0.0466. The molecule has 0 atom stereocenters. The lowest BCUT2D eigenvalue weighted by Crippen LogP contribution is -2.36. The zero-order chi connectivity index (χ0) is 15.6. The van der Waals surface area contributed by atoms with Crippen molar-refractivity contribution in [2.75, 3.05) is 13.1 Å². The smallest absolute Gasteiger partial charge is 0.335 e. The van der Waals surface area contributed by atoms with Crippen molar-refractivity contribution in [3.8, 4) is 0 Å². The summed E-state index contributed by atoms with van der Waals surface area (Å²) in [5, 5.41) is 0.209. The molecule has 0 aromatic carbocycles. The minimum atomic E-state index is -4.31. The highest BCUT2D eigenvalue weighted by atomic mass is 35.5. The van der Waals surface area contributed by atoms with Gasteiger partial charge in [-0.15, -0.1) is 0 Å². The quantitative estimate of drug-likeness (QED) is 0.616. The van der Waals surface area contributed by atoms with Crippen molar-refractivity contribution in [2.45, 2.75) is 25.9 Å². The van der Waals surface area contributed by atoms with Gasteiger partial charge in [-0.05, 0) is 25.0 Å². The van der Waals surface area contributed by atoms with Crippen molar-refractivity contribution >= 4 is 17.5 Å². The first kappa shape index (κ1) is 15.8. The summed E-state index contributed by atoms with van der Waals surface area (Å²) in [5.41, 5.74) is 0.457. The molecule has 0 bridgehead atoms. The van der Waals surface area contributed by atoms with Crippen LogP contribution in [0.25, 0.3) is 0 Å². The summed E-state index contributed by atoms with van der Waals surface area (Å²) in [6, 6.07) is 3.06. The molecule has 1 aliphatic rings. The van der Waals surface area contributed by atoms with Crippen molar-refractivity contribution in [3.63, 3.8) is 0 Å². The average Bonchev–Trinajstić information content (AvgIpc) is 2.45. The zero-order valence-corrected chi connectivity index (χ0v) is 12.1. The van der Waals surface area contributed by atoms with E-state index in [0.717, 1.165) is 6.08 Å². The van der Waals surface area contributed by atoms with Gasteiger partial charge in [-0.3, -0.25) is 4.79 Å². The topological polar surface area (TPSA) is 33.2 Å². The summed E-state index contributed by atoms with van der Waals surface area (Å²) in [7, 11) is 0. The van der Waals surface area contributed by atoms with Gasteiger partial charge < -0.3 is 4.90 Å². The van der Waals surface area contributed by atoms with Crippen LogP contribution in [0.1, 0.15) is 29.4 Å². The van der Waals surface area contributed by atoms with Gasteiger partial charge in [-0.25, -0.2) is 4.98 Å². The third-order valence-electron chi connectivity index (χ3n) is 3.32. The molecule has 0 fully saturated rings. The first-order chi connectivity index (χ1) is 9.81. The van der Waals surface area contributed by atoms with Crippen LogP contribution < -0.4 is 0 Å². The number of alkyl halides is 3. The summed E-state index contributed by atoms with van der Waals surface area (Å²) in [4.78, 5) is 17.7. The molecule has 3 nitrogen and oxygen atoms in total. The largest absolute Gasteiger partial charge is 0.412 e. The van der Waals surface area contributed by atoms with Crippen LogP contribution in [0.5, 0.6) is 0 Å². The molecule has 0 radical (unpaired) electrons. The zero-order valence-electron chi connectivity index (χ0n) is 11.4. The van der Waals surface area contributed by atoms with E-state index in [0.29, 0.717) is 17.7 Å². The van der Waals surface area contributed by atoms with Crippen LogP contribution >= 0.6 is 11.6 Å². The van der Waals surface area contributed by atoms with Crippen LogP contribution in [0.3, 0.4) is 0 Å². The van der Waals surface area contributed by atoms with Crippen LogP contribution in [-0.2, 0) is 6.42 Å². The van der Waals surface area contributed by atoms with E-state index in [1.807, 2.05) is 6.92 Å². The van der Waals surface area contributed by atoms with Gasteiger partial charge in [0.25, 0.3) is 5.91 Å².